The molecule has 0 radical (unpaired) electrons. The summed E-state index contributed by atoms with van der Waals surface area (Å²) in [7, 11) is 0. The van der Waals surface area contributed by atoms with E-state index in [0.29, 0.717) is 12.0 Å². The Morgan fingerprint density at radius 3 is 2.31 bits per heavy atom. The Kier molecular flexibility index (Phi) is 3.74. The van der Waals surface area contributed by atoms with Crippen LogP contribution in [-0.4, -0.2) is 24.8 Å². The Morgan fingerprint density at radius 1 is 1.23 bits per heavy atom. The fourth-order valence-electron chi connectivity index (χ4n) is 2.10. The first kappa shape index (κ1) is 11.0. The van der Waals surface area contributed by atoms with Crippen LogP contribution < -0.4 is 5.32 Å². The third kappa shape index (κ3) is 2.68. The lowest BCUT2D eigenvalue weighted by Gasteiger charge is -2.42. The molecule has 0 aromatic rings. The number of hydrogen-bond acceptors (Lipinski definition) is 2. The maximum atomic E-state index is 6.08. The average Bonchev–Trinajstić information content (AvgIpc) is 2.04. The van der Waals surface area contributed by atoms with Crippen LogP contribution in [0.25, 0.3) is 0 Å². The summed E-state index contributed by atoms with van der Waals surface area (Å²) in [6.07, 6.45) is 2.78. The summed E-state index contributed by atoms with van der Waals surface area (Å²) < 4.78 is 6.08. The smallest absolute Gasteiger partial charge is 0.0832 e. The minimum atomic E-state index is 0.0897. The van der Waals surface area contributed by atoms with Gasteiger partial charge in [0.1, 0.15) is 0 Å². The van der Waals surface area contributed by atoms with Crippen LogP contribution in [0, 0.1) is 5.92 Å². The van der Waals surface area contributed by atoms with Gasteiger partial charge < -0.3 is 10.1 Å². The molecule has 1 saturated heterocycles. The molecule has 1 rings (SSSR count). The zero-order chi connectivity index (χ0) is 9.90. The van der Waals surface area contributed by atoms with Crippen LogP contribution in [0.4, 0.5) is 0 Å². The molecular weight excluding hydrogens is 162 g/mol. The van der Waals surface area contributed by atoms with Crippen molar-refractivity contribution in [2.75, 3.05) is 13.1 Å². The minimum Gasteiger partial charge on any atom is -0.371 e. The maximum Gasteiger partial charge on any atom is 0.0832 e. The summed E-state index contributed by atoms with van der Waals surface area (Å²) in [6.45, 7) is 10.9. The van der Waals surface area contributed by atoms with Gasteiger partial charge in [-0.3, -0.25) is 0 Å². The van der Waals surface area contributed by atoms with Gasteiger partial charge in [-0.2, -0.15) is 0 Å². The first-order chi connectivity index (χ1) is 6.07. The maximum absolute atomic E-state index is 6.08. The van der Waals surface area contributed by atoms with Crippen LogP contribution in [0.3, 0.4) is 0 Å². The van der Waals surface area contributed by atoms with Crippen molar-refractivity contribution in [3.63, 3.8) is 0 Å². The first-order valence-corrected chi connectivity index (χ1v) is 5.45. The van der Waals surface area contributed by atoms with E-state index in [0.717, 1.165) is 13.1 Å². The van der Waals surface area contributed by atoms with E-state index in [1.807, 2.05) is 0 Å². The Hall–Kier alpha value is -0.0800. The first-order valence-electron chi connectivity index (χ1n) is 5.45. The standard InChI is InChI=1S/C11H23NO/c1-9(2)11(13-10(3)4)6-5-7-12-8-11/h9-10,12H,5-8H2,1-4H3. The van der Waals surface area contributed by atoms with E-state index in [9.17, 15) is 0 Å². The Labute approximate surface area is 82.0 Å². The summed E-state index contributed by atoms with van der Waals surface area (Å²) in [5.41, 5.74) is 0.0897. The second-order valence-electron chi connectivity index (χ2n) is 4.67. The highest BCUT2D eigenvalue weighted by Gasteiger charge is 2.36. The van der Waals surface area contributed by atoms with Crippen molar-refractivity contribution in [1.82, 2.24) is 5.32 Å². The normalized spacial score (nSPS) is 30.0. The summed E-state index contributed by atoms with van der Waals surface area (Å²) in [6, 6.07) is 0. The largest absolute Gasteiger partial charge is 0.371 e. The van der Waals surface area contributed by atoms with E-state index in [-0.39, 0.29) is 5.60 Å². The van der Waals surface area contributed by atoms with Crippen LogP contribution in [0.15, 0.2) is 0 Å². The molecule has 1 atom stereocenters. The highest BCUT2D eigenvalue weighted by molar-refractivity contribution is 4.90. The quantitative estimate of drug-likeness (QED) is 0.727. The van der Waals surface area contributed by atoms with Crippen LogP contribution in [0.5, 0.6) is 0 Å². The number of piperidine rings is 1. The number of nitrogens with one attached hydrogen (secondary N) is 1. The molecule has 1 unspecified atom stereocenters. The van der Waals surface area contributed by atoms with E-state index in [1.54, 1.807) is 0 Å². The Bertz CT molecular complexity index is 148. The molecule has 0 aromatic carbocycles. The lowest BCUT2D eigenvalue weighted by molar-refractivity contribution is -0.120. The van der Waals surface area contributed by atoms with Crippen molar-refractivity contribution < 1.29 is 4.74 Å². The van der Waals surface area contributed by atoms with E-state index in [4.69, 9.17) is 4.74 Å². The molecule has 0 aromatic heterocycles. The van der Waals surface area contributed by atoms with Crippen molar-refractivity contribution in [1.29, 1.82) is 0 Å². The van der Waals surface area contributed by atoms with Crippen molar-refractivity contribution in [3.8, 4) is 0 Å². The van der Waals surface area contributed by atoms with Gasteiger partial charge in [-0.1, -0.05) is 13.8 Å². The molecule has 1 fully saturated rings. The molecule has 1 aliphatic heterocycles. The Balaban J connectivity index is 2.61. The van der Waals surface area contributed by atoms with E-state index in [2.05, 4.69) is 33.0 Å². The molecule has 13 heavy (non-hydrogen) atoms. The minimum absolute atomic E-state index is 0.0897. The number of ether oxygens (including phenoxy) is 1. The summed E-state index contributed by atoms with van der Waals surface area (Å²) in [4.78, 5) is 0. The van der Waals surface area contributed by atoms with Gasteiger partial charge >= 0.3 is 0 Å². The topological polar surface area (TPSA) is 21.3 Å². The third-order valence-corrected chi connectivity index (χ3v) is 2.90. The second kappa shape index (κ2) is 4.43. The highest BCUT2D eigenvalue weighted by Crippen LogP contribution is 2.30. The van der Waals surface area contributed by atoms with Crippen molar-refractivity contribution >= 4 is 0 Å². The molecule has 2 heteroatoms. The summed E-state index contributed by atoms with van der Waals surface area (Å²) in [5, 5.41) is 3.44. The molecule has 1 heterocycles. The van der Waals surface area contributed by atoms with Crippen LogP contribution in [-0.2, 0) is 4.74 Å². The Morgan fingerprint density at radius 2 is 1.92 bits per heavy atom. The predicted molar refractivity (Wildman–Crippen MR) is 55.9 cm³/mol. The van der Waals surface area contributed by atoms with Crippen molar-refractivity contribution in [2.45, 2.75) is 52.2 Å². The molecule has 1 N–H and O–H groups in total. The van der Waals surface area contributed by atoms with Gasteiger partial charge in [-0.05, 0) is 39.2 Å². The zero-order valence-electron chi connectivity index (χ0n) is 9.39. The fraction of sp³-hybridized carbons (Fsp3) is 1.00. The second-order valence-corrected chi connectivity index (χ2v) is 4.67. The zero-order valence-corrected chi connectivity index (χ0v) is 9.39. The van der Waals surface area contributed by atoms with Gasteiger partial charge in [0, 0.05) is 6.54 Å². The third-order valence-electron chi connectivity index (χ3n) is 2.90. The average molecular weight is 185 g/mol. The van der Waals surface area contributed by atoms with Gasteiger partial charge in [0.2, 0.25) is 0 Å². The van der Waals surface area contributed by atoms with Gasteiger partial charge in [0.05, 0.1) is 11.7 Å². The molecule has 1 aliphatic rings. The summed E-state index contributed by atoms with van der Waals surface area (Å²) in [5.74, 6) is 0.600. The molecule has 0 bridgehead atoms. The molecule has 2 nitrogen and oxygen atoms in total. The lowest BCUT2D eigenvalue weighted by atomic mass is 9.83. The van der Waals surface area contributed by atoms with Crippen LogP contribution in [0.1, 0.15) is 40.5 Å². The lowest BCUT2D eigenvalue weighted by Crippen LogP contribution is -2.52. The number of hydrogen-bond donors (Lipinski definition) is 1. The van der Waals surface area contributed by atoms with Gasteiger partial charge in [-0.15, -0.1) is 0 Å². The van der Waals surface area contributed by atoms with Crippen molar-refractivity contribution in [3.05, 3.63) is 0 Å². The SMILES string of the molecule is CC(C)OC1(C(C)C)CCCNC1. The molecule has 0 aliphatic carbocycles. The van der Waals surface area contributed by atoms with E-state index >= 15 is 0 Å². The van der Waals surface area contributed by atoms with E-state index in [1.165, 1.54) is 12.8 Å². The highest BCUT2D eigenvalue weighted by atomic mass is 16.5. The van der Waals surface area contributed by atoms with E-state index < -0.39 is 0 Å². The molecule has 0 spiro atoms. The fourth-order valence-corrected chi connectivity index (χ4v) is 2.10. The molecular formula is C11H23NO. The predicted octanol–water partition coefficient (Wildman–Crippen LogP) is 2.19. The van der Waals surface area contributed by atoms with Gasteiger partial charge in [0.25, 0.3) is 0 Å². The van der Waals surface area contributed by atoms with Crippen molar-refractivity contribution in [2.24, 2.45) is 5.92 Å². The monoisotopic (exact) mass is 185 g/mol. The number of rotatable bonds is 3. The van der Waals surface area contributed by atoms with Gasteiger partial charge in [-0.25, -0.2) is 0 Å². The summed E-state index contributed by atoms with van der Waals surface area (Å²) >= 11 is 0. The van der Waals surface area contributed by atoms with Crippen LogP contribution >= 0.6 is 0 Å². The molecule has 0 amide bonds. The van der Waals surface area contributed by atoms with Crippen LogP contribution in [0.2, 0.25) is 0 Å². The van der Waals surface area contributed by atoms with Gasteiger partial charge in [0.15, 0.2) is 0 Å². The molecule has 0 saturated carbocycles. The molecule has 78 valence electrons.